The molecule has 0 bridgehead atoms. The molecule has 0 unspecified atom stereocenters. The number of esters is 2. The minimum absolute atomic E-state index is 0.195. The Hall–Kier alpha value is -1.91. The van der Waals surface area contributed by atoms with Gasteiger partial charge in [0.2, 0.25) is 0 Å². The van der Waals surface area contributed by atoms with Crippen molar-refractivity contribution in [2.45, 2.75) is 39.5 Å². The summed E-state index contributed by atoms with van der Waals surface area (Å²) < 4.78 is 22.8. The highest BCUT2D eigenvalue weighted by Crippen LogP contribution is 2.05. The molecule has 0 heterocycles. The highest BCUT2D eigenvalue weighted by molar-refractivity contribution is 5.72. The molecule has 1 rings (SSSR count). The van der Waals surface area contributed by atoms with Crippen molar-refractivity contribution in [2.24, 2.45) is 5.92 Å². The standard InChI is InChI=1S/C17H23FO4/c1-13(2)12-22-17(20)5-3-4-16(19)21-11-10-14-6-8-15(18)9-7-14/h6-9,13H,3-5,10-12H2,1-2H3. The molecule has 1 aromatic rings. The summed E-state index contributed by atoms with van der Waals surface area (Å²) in [5.41, 5.74) is 0.909. The molecule has 0 fully saturated rings. The number of halogens is 1. The molecule has 0 aliphatic carbocycles. The summed E-state index contributed by atoms with van der Waals surface area (Å²) in [6.07, 6.45) is 1.38. The fraction of sp³-hybridized carbons (Fsp3) is 0.529. The Morgan fingerprint density at radius 3 is 2.23 bits per heavy atom. The molecule has 1 aromatic carbocycles. The van der Waals surface area contributed by atoms with Crippen LogP contribution in [0.5, 0.6) is 0 Å². The highest BCUT2D eigenvalue weighted by Gasteiger charge is 2.08. The minimum Gasteiger partial charge on any atom is -0.465 e. The van der Waals surface area contributed by atoms with E-state index in [1.54, 1.807) is 12.1 Å². The Kier molecular flexibility index (Phi) is 8.18. The lowest BCUT2D eigenvalue weighted by Crippen LogP contribution is -2.11. The normalized spacial score (nSPS) is 10.5. The number of hydrogen-bond acceptors (Lipinski definition) is 4. The molecule has 0 saturated heterocycles. The van der Waals surface area contributed by atoms with Crippen LogP contribution in [-0.4, -0.2) is 25.2 Å². The number of carbonyl (C=O) groups excluding carboxylic acids is 2. The first-order valence-corrected chi connectivity index (χ1v) is 7.53. The van der Waals surface area contributed by atoms with E-state index < -0.39 is 0 Å². The quantitative estimate of drug-likeness (QED) is 0.657. The van der Waals surface area contributed by atoms with Crippen LogP contribution in [0.15, 0.2) is 24.3 Å². The molecule has 0 amide bonds. The van der Waals surface area contributed by atoms with E-state index in [4.69, 9.17) is 9.47 Å². The fourth-order valence-electron chi connectivity index (χ4n) is 1.71. The van der Waals surface area contributed by atoms with Crippen LogP contribution in [0, 0.1) is 11.7 Å². The van der Waals surface area contributed by atoms with E-state index in [0.29, 0.717) is 25.4 Å². The Morgan fingerprint density at radius 1 is 1.05 bits per heavy atom. The first-order chi connectivity index (χ1) is 10.5. The zero-order valence-corrected chi connectivity index (χ0v) is 13.1. The summed E-state index contributed by atoms with van der Waals surface area (Å²) in [6.45, 7) is 4.58. The Balaban J connectivity index is 2.08. The smallest absolute Gasteiger partial charge is 0.305 e. The maximum atomic E-state index is 12.7. The van der Waals surface area contributed by atoms with Gasteiger partial charge in [-0.25, -0.2) is 4.39 Å². The number of carbonyl (C=O) groups is 2. The third-order valence-electron chi connectivity index (χ3n) is 2.91. The first-order valence-electron chi connectivity index (χ1n) is 7.53. The molecular weight excluding hydrogens is 287 g/mol. The Bertz CT molecular complexity index is 468. The van der Waals surface area contributed by atoms with Crippen molar-refractivity contribution in [2.75, 3.05) is 13.2 Å². The van der Waals surface area contributed by atoms with Gasteiger partial charge in [0.05, 0.1) is 13.2 Å². The molecule has 4 nitrogen and oxygen atoms in total. The van der Waals surface area contributed by atoms with E-state index in [1.165, 1.54) is 12.1 Å². The van der Waals surface area contributed by atoms with E-state index in [-0.39, 0.29) is 37.2 Å². The summed E-state index contributed by atoms with van der Waals surface area (Å²) in [4.78, 5) is 22.9. The van der Waals surface area contributed by atoms with Crippen molar-refractivity contribution in [3.63, 3.8) is 0 Å². The van der Waals surface area contributed by atoms with Crippen LogP contribution in [0.3, 0.4) is 0 Å². The zero-order valence-electron chi connectivity index (χ0n) is 13.1. The van der Waals surface area contributed by atoms with Crippen molar-refractivity contribution in [3.05, 3.63) is 35.6 Å². The molecule has 0 aliphatic rings. The predicted molar refractivity (Wildman–Crippen MR) is 80.7 cm³/mol. The average Bonchev–Trinajstić information content (AvgIpc) is 2.47. The molecule has 0 radical (unpaired) electrons. The molecule has 22 heavy (non-hydrogen) atoms. The van der Waals surface area contributed by atoms with Gasteiger partial charge in [-0.3, -0.25) is 9.59 Å². The molecule has 0 aliphatic heterocycles. The maximum Gasteiger partial charge on any atom is 0.305 e. The third kappa shape index (κ3) is 8.39. The summed E-state index contributed by atoms with van der Waals surface area (Å²) >= 11 is 0. The predicted octanol–water partition coefficient (Wildman–Crippen LogP) is 3.28. The van der Waals surface area contributed by atoms with Gasteiger partial charge >= 0.3 is 11.9 Å². The van der Waals surface area contributed by atoms with Gasteiger partial charge in [-0.1, -0.05) is 26.0 Å². The van der Waals surface area contributed by atoms with Crippen molar-refractivity contribution in [3.8, 4) is 0 Å². The number of benzene rings is 1. The molecule has 0 spiro atoms. The fourth-order valence-corrected chi connectivity index (χ4v) is 1.71. The van der Waals surface area contributed by atoms with Gasteiger partial charge in [-0.15, -0.1) is 0 Å². The number of hydrogen-bond donors (Lipinski definition) is 0. The molecule has 0 N–H and O–H groups in total. The maximum absolute atomic E-state index is 12.7. The molecule has 0 saturated carbocycles. The lowest BCUT2D eigenvalue weighted by Gasteiger charge is -2.07. The zero-order chi connectivity index (χ0) is 16.4. The van der Waals surface area contributed by atoms with Gasteiger partial charge < -0.3 is 9.47 Å². The van der Waals surface area contributed by atoms with Gasteiger partial charge in [0.25, 0.3) is 0 Å². The lowest BCUT2D eigenvalue weighted by molar-refractivity contribution is -0.146. The lowest BCUT2D eigenvalue weighted by atomic mass is 10.2. The van der Waals surface area contributed by atoms with Gasteiger partial charge in [0.15, 0.2) is 0 Å². The van der Waals surface area contributed by atoms with E-state index >= 15 is 0 Å². The van der Waals surface area contributed by atoms with Crippen LogP contribution in [0.25, 0.3) is 0 Å². The van der Waals surface area contributed by atoms with Crippen LogP contribution in [0.1, 0.15) is 38.7 Å². The first kappa shape index (κ1) is 18.1. The second kappa shape index (κ2) is 9.92. The molecule has 0 aromatic heterocycles. The van der Waals surface area contributed by atoms with Crippen LogP contribution >= 0.6 is 0 Å². The largest absolute Gasteiger partial charge is 0.465 e. The van der Waals surface area contributed by atoms with Crippen LogP contribution in [0.2, 0.25) is 0 Å². The summed E-state index contributed by atoms with van der Waals surface area (Å²) in [7, 11) is 0. The monoisotopic (exact) mass is 310 g/mol. The Labute approximate surface area is 130 Å². The van der Waals surface area contributed by atoms with E-state index in [0.717, 1.165) is 5.56 Å². The second-order valence-electron chi connectivity index (χ2n) is 5.53. The molecule has 5 heteroatoms. The topological polar surface area (TPSA) is 52.6 Å². The van der Waals surface area contributed by atoms with Crippen LogP contribution in [-0.2, 0) is 25.5 Å². The SMILES string of the molecule is CC(C)COC(=O)CCCC(=O)OCCc1ccc(F)cc1. The third-order valence-corrected chi connectivity index (χ3v) is 2.91. The van der Waals surface area contributed by atoms with Gasteiger partial charge in [0, 0.05) is 19.3 Å². The summed E-state index contributed by atoms with van der Waals surface area (Å²) in [5, 5.41) is 0. The number of rotatable bonds is 9. The van der Waals surface area contributed by atoms with Crippen molar-refractivity contribution in [1.82, 2.24) is 0 Å². The van der Waals surface area contributed by atoms with Gasteiger partial charge in [0.1, 0.15) is 5.82 Å². The van der Waals surface area contributed by atoms with Crippen molar-refractivity contribution in [1.29, 1.82) is 0 Å². The molecule has 0 atom stereocenters. The van der Waals surface area contributed by atoms with Gasteiger partial charge in [-0.2, -0.15) is 0 Å². The molecular formula is C17H23FO4. The highest BCUT2D eigenvalue weighted by atomic mass is 19.1. The van der Waals surface area contributed by atoms with E-state index in [1.807, 2.05) is 13.8 Å². The molecule has 122 valence electrons. The second-order valence-corrected chi connectivity index (χ2v) is 5.53. The van der Waals surface area contributed by atoms with Gasteiger partial charge in [-0.05, 0) is 30.0 Å². The average molecular weight is 310 g/mol. The van der Waals surface area contributed by atoms with E-state index in [9.17, 15) is 14.0 Å². The van der Waals surface area contributed by atoms with Crippen LogP contribution < -0.4 is 0 Å². The minimum atomic E-state index is -0.334. The summed E-state index contributed by atoms with van der Waals surface area (Å²) in [6, 6.07) is 6.07. The van der Waals surface area contributed by atoms with E-state index in [2.05, 4.69) is 0 Å². The number of ether oxygens (including phenoxy) is 2. The Morgan fingerprint density at radius 2 is 1.64 bits per heavy atom. The summed E-state index contributed by atoms with van der Waals surface area (Å²) in [5.74, 6) is -0.600. The van der Waals surface area contributed by atoms with Crippen LogP contribution in [0.4, 0.5) is 4.39 Å². The van der Waals surface area contributed by atoms with Crippen molar-refractivity contribution < 1.29 is 23.5 Å². The van der Waals surface area contributed by atoms with Crippen molar-refractivity contribution >= 4 is 11.9 Å².